The molecule has 0 aromatic heterocycles. The lowest BCUT2D eigenvalue weighted by Gasteiger charge is -2.30. The molecule has 5 atom stereocenters. The van der Waals surface area contributed by atoms with Crippen molar-refractivity contribution in [3.8, 4) is 0 Å². The third kappa shape index (κ3) is 1.09. The summed E-state index contributed by atoms with van der Waals surface area (Å²) in [6.07, 6.45) is 6.88. The van der Waals surface area contributed by atoms with E-state index in [9.17, 15) is 0 Å². The van der Waals surface area contributed by atoms with Crippen molar-refractivity contribution in [1.82, 2.24) is 0 Å². The zero-order valence-electron chi connectivity index (χ0n) is 15.7. The molecule has 4 aliphatic heterocycles. The summed E-state index contributed by atoms with van der Waals surface area (Å²) in [5.41, 5.74) is 7.52. The number of hydrogen-bond donors (Lipinski definition) is 0. The molecule has 3 unspecified atom stereocenters. The van der Waals surface area contributed by atoms with Gasteiger partial charge in [0.1, 0.15) is 0 Å². The molecule has 4 heterocycles. The largest absolute Gasteiger partial charge is 0.270 e. The van der Waals surface area contributed by atoms with E-state index in [1.165, 1.54) is 36.6 Å². The SMILES string of the molecule is CCCCCC[C@@]12c3ccccc3C3(C)c4ccccc4[C@@]4(C)C1[N+]342. The fourth-order valence-electron chi connectivity index (χ4n) is 8.06. The van der Waals surface area contributed by atoms with Crippen molar-refractivity contribution in [3.63, 3.8) is 0 Å². The van der Waals surface area contributed by atoms with Crippen molar-refractivity contribution < 1.29 is 4.48 Å². The standard InChI is InChI=1S/C24H28N/c1-4-5-6-11-16-24-20-15-10-9-14-19(20)22(2)17-12-7-8-13-18(17)23(3)21(24)25(22,23)24/h7-10,12-15,21H,4-6,11,16H2,1-3H3/q+1/t21?,22?,23-,24+,25?/m0/s1. The van der Waals surface area contributed by atoms with Crippen LogP contribution in [0.15, 0.2) is 48.5 Å². The lowest BCUT2D eigenvalue weighted by molar-refractivity contribution is -0.833. The quantitative estimate of drug-likeness (QED) is 0.382. The van der Waals surface area contributed by atoms with E-state index in [0.29, 0.717) is 11.1 Å². The van der Waals surface area contributed by atoms with E-state index in [2.05, 4.69) is 69.3 Å². The smallest absolute Gasteiger partial charge is 0.211 e. The van der Waals surface area contributed by atoms with Gasteiger partial charge in [-0.15, -0.1) is 0 Å². The molecule has 6 rings (SSSR count). The summed E-state index contributed by atoms with van der Waals surface area (Å²) in [6.45, 7) is 7.42. The molecule has 1 nitrogen and oxygen atoms in total. The van der Waals surface area contributed by atoms with Gasteiger partial charge in [0.2, 0.25) is 6.04 Å². The van der Waals surface area contributed by atoms with Crippen molar-refractivity contribution in [2.75, 3.05) is 0 Å². The van der Waals surface area contributed by atoms with Crippen LogP contribution in [0.25, 0.3) is 0 Å². The Kier molecular flexibility index (Phi) is 2.35. The summed E-state index contributed by atoms with van der Waals surface area (Å²) in [7, 11) is 0. The van der Waals surface area contributed by atoms with Gasteiger partial charge in [0.25, 0.3) is 0 Å². The van der Waals surface area contributed by atoms with Crippen LogP contribution in [0.2, 0.25) is 0 Å². The predicted octanol–water partition coefficient (Wildman–Crippen LogP) is 5.57. The number of quaternary nitrogens is 1. The van der Waals surface area contributed by atoms with E-state index in [0.717, 1.165) is 6.04 Å². The number of unbranched alkanes of at least 4 members (excludes halogenated alkanes) is 3. The van der Waals surface area contributed by atoms with Gasteiger partial charge >= 0.3 is 0 Å². The first-order valence-electron chi connectivity index (χ1n) is 10.2. The van der Waals surface area contributed by atoms with Crippen LogP contribution < -0.4 is 0 Å². The van der Waals surface area contributed by atoms with Crippen LogP contribution in [0, 0.1) is 0 Å². The maximum atomic E-state index is 2.55. The third-order valence-corrected chi connectivity index (χ3v) is 8.63. The molecule has 1 heteroatoms. The van der Waals surface area contributed by atoms with Gasteiger partial charge in [-0.3, -0.25) is 4.48 Å². The number of rotatable bonds is 5. The molecular formula is C24H28N+. The van der Waals surface area contributed by atoms with Gasteiger partial charge in [0, 0.05) is 35.6 Å². The molecule has 0 radical (unpaired) electrons. The van der Waals surface area contributed by atoms with Crippen molar-refractivity contribution in [1.29, 1.82) is 0 Å². The van der Waals surface area contributed by atoms with E-state index in [4.69, 9.17) is 0 Å². The first kappa shape index (κ1) is 14.6. The molecule has 0 aliphatic carbocycles. The van der Waals surface area contributed by atoms with Crippen molar-refractivity contribution in [3.05, 3.63) is 70.8 Å². The van der Waals surface area contributed by atoms with Gasteiger partial charge in [-0.05, 0) is 13.3 Å². The molecule has 128 valence electrons. The fourth-order valence-corrected chi connectivity index (χ4v) is 8.06. The Balaban J connectivity index is 1.54. The molecule has 2 aromatic carbocycles. The molecule has 0 amide bonds. The minimum atomic E-state index is 0.178. The van der Waals surface area contributed by atoms with Crippen LogP contribution in [0.5, 0.6) is 0 Å². The molecule has 25 heavy (non-hydrogen) atoms. The van der Waals surface area contributed by atoms with Gasteiger partial charge in [-0.2, -0.15) is 0 Å². The highest BCUT2D eigenvalue weighted by molar-refractivity contribution is 5.66. The summed E-state index contributed by atoms with van der Waals surface area (Å²) >= 11 is 0. The number of hydrogen-bond acceptors (Lipinski definition) is 0. The van der Waals surface area contributed by atoms with Crippen LogP contribution in [0.3, 0.4) is 0 Å². The Labute approximate surface area is 151 Å². The fraction of sp³-hybridized carbons (Fsp3) is 0.500. The van der Waals surface area contributed by atoms with Gasteiger partial charge in [0.15, 0.2) is 16.6 Å². The highest BCUT2D eigenvalue weighted by Crippen LogP contribution is 2.97. The topological polar surface area (TPSA) is 0 Å². The average Bonchev–Trinajstić information content (AvgIpc) is 3.45. The van der Waals surface area contributed by atoms with Gasteiger partial charge in [0.05, 0.1) is 0 Å². The molecule has 4 aliphatic rings. The number of nitrogens with zero attached hydrogens (tertiary/aromatic N) is 1. The van der Waals surface area contributed by atoms with Crippen LogP contribution in [-0.4, -0.2) is 10.5 Å². The lowest BCUT2D eigenvalue weighted by Crippen LogP contribution is -2.43. The molecule has 2 saturated heterocycles. The van der Waals surface area contributed by atoms with Crippen LogP contribution in [-0.2, 0) is 16.6 Å². The molecule has 0 saturated carbocycles. The minimum Gasteiger partial charge on any atom is -0.270 e. The van der Waals surface area contributed by atoms with E-state index in [1.54, 1.807) is 22.3 Å². The highest BCUT2D eigenvalue weighted by Gasteiger charge is 3.14. The number of benzene rings is 2. The van der Waals surface area contributed by atoms with Crippen LogP contribution in [0.1, 0.15) is 75.1 Å². The zero-order chi connectivity index (χ0) is 17.1. The maximum absolute atomic E-state index is 2.55. The second-order valence-electron chi connectivity index (χ2n) is 9.17. The van der Waals surface area contributed by atoms with Gasteiger partial charge in [-0.1, -0.05) is 74.7 Å². The molecule has 2 aromatic rings. The zero-order valence-corrected chi connectivity index (χ0v) is 15.7. The van der Waals surface area contributed by atoms with E-state index >= 15 is 0 Å². The van der Waals surface area contributed by atoms with Crippen LogP contribution in [0.4, 0.5) is 0 Å². The monoisotopic (exact) mass is 330 g/mol. The Bertz CT molecular complexity index is 916. The summed E-state index contributed by atoms with van der Waals surface area (Å²) in [6, 6.07) is 19.6. The highest BCUT2D eigenvalue weighted by atomic mass is 15.8. The third-order valence-electron chi connectivity index (χ3n) is 8.63. The normalized spacial score (nSPS) is 43.2. The molecule has 1 spiro atoms. The van der Waals surface area contributed by atoms with Crippen molar-refractivity contribution >= 4 is 0 Å². The Morgan fingerprint density at radius 2 is 1.40 bits per heavy atom. The Hall–Kier alpha value is -1.60. The summed E-state index contributed by atoms with van der Waals surface area (Å²) in [4.78, 5) is 0. The summed E-state index contributed by atoms with van der Waals surface area (Å²) < 4.78 is 1.33. The summed E-state index contributed by atoms with van der Waals surface area (Å²) in [5, 5.41) is 0. The average molecular weight is 330 g/mol. The lowest BCUT2D eigenvalue weighted by atomic mass is 9.73. The molecule has 0 bridgehead atoms. The Morgan fingerprint density at radius 3 is 2.08 bits per heavy atom. The predicted molar refractivity (Wildman–Crippen MR) is 101 cm³/mol. The van der Waals surface area contributed by atoms with Gasteiger partial charge < -0.3 is 0 Å². The molecule has 0 N–H and O–H groups in total. The first-order valence-corrected chi connectivity index (χ1v) is 10.2. The van der Waals surface area contributed by atoms with E-state index in [1.807, 2.05) is 0 Å². The Morgan fingerprint density at radius 1 is 0.800 bits per heavy atom. The second kappa shape index (κ2) is 4.04. The van der Waals surface area contributed by atoms with E-state index in [-0.39, 0.29) is 5.54 Å². The minimum absolute atomic E-state index is 0.178. The van der Waals surface area contributed by atoms with Crippen molar-refractivity contribution in [2.45, 2.75) is 75.5 Å². The molecule has 2 fully saturated rings. The summed E-state index contributed by atoms with van der Waals surface area (Å²) in [5.74, 6) is 0. The van der Waals surface area contributed by atoms with Crippen LogP contribution >= 0.6 is 0 Å². The maximum Gasteiger partial charge on any atom is 0.211 e. The first-order chi connectivity index (χ1) is 12.1. The number of fused-ring (bicyclic) bond motifs is 8. The van der Waals surface area contributed by atoms with Gasteiger partial charge in [-0.25, -0.2) is 0 Å². The molecular weight excluding hydrogens is 302 g/mol. The van der Waals surface area contributed by atoms with Crippen molar-refractivity contribution in [2.24, 2.45) is 0 Å². The van der Waals surface area contributed by atoms with E-state index < -0.39 is 0 Å². The second-order valence-corrected chi connectivity index (χ2v) is 9.17.